The highest BCUT2D eigenvalue weighted by molar-refractivity contribution is 6.22. The van der Waals surface area contributed by atoms with E-state index in [-0.39, 0.29) is 48.3 Å². The average Bonchev–Trinajstić information content (AvgIpc) is 3.31. The van der Waals surface area contributed by atoms with Gasteiger partial charge in [0.1, 0.15) is 5.75 Å². The minimum absolute atomic E-state index is 0.0795. The molecule has 4 atom stereocenters. The number of carbonyl (C=O) groups excluding carboxylic acids is 4. The van der Waals surface area contributed by atoms with Crippen LogP contribution in [0.15, 0.2) is 42.5 Å². The second kappa shape index (κ2) is 8.95. The van der Waals surface area contributed by atoms with E-state index >= 15 is 0 Å². The molecule has 2 aliphatic heterocycles. The number of anilines is 2. The van der Waals surface area contributed by atoms with Crippen molar-refractivity contribution in [2.45, 2.75) is 46.5 Å². The topological polar surface area (TPSA) is 84.0 Å². The number of hydrogen-bond donors (Lipinski definition) is 0. The van der Waals surface area contributed by atoms with Gasteiger partial charge in [0.15, 0.2) is 0 Å². The summed E-state index contributed by atoms with van der Waals surface area (Å²) < 4.78 is 5.62. The predicted molar refractivity (Wildman–Crippen MR) is 131 cm³/mol. The van der Waals surface area contributed by atoms with Gasteiger partial charge in [-0.1, -0.05) is 19.1 Å². The number of hydrogen-bond acceptors (Lipinski definition) is 5. The molecular formula is C28H30N2O5. The molecule has 5 rings (SSSR count). The Bertz CT molecular complexity index is 1200. The van der Waals surface area contributed by atoms with E-state index in [2.05, 4.69) is 6.92 Å². The maximum Gasteiger partial charge on any atom is 0.316 e. The van der Waals surface area contributed by atoms with Crippen LogP contribution in [0.25, 0.3) is 0 Å². The fourth-order valence-electron chi connectivity index (χ4n) is 5.75. The monoisotopic (exact) mass is 474 g/mol. The smallest absolute Gasteiger partial charge is 0.316 e. The second-order valence-corrected chi connectivity index (χ2v) is 10.3. The van der Waals surface area contributed by atoms with Crippen LogP contribution < -0.4 is 14.5 Å². The van der Waals surface area contributed by atoms with Crippen molar-refractivity contribution in [2.75, 3.05) is 16.3 Å². The molecule has 7 nitrogen and oxygen atoms in total. The highest BCUT2D eigenvalue weighted by atomic mass is 16.5. The highest BCUT2D eigenvalue weighted by Crippen LogP contribution is 2.42. The van der Waals surface area contributed by atoms with Crippen LogP contribution in [-0.4, -0.2) is 30.2 Å². The molecule has 1 aliphatic carbocycles. The van der Waals surface area contributed by atoms with Crippen molar-refractivity contribution in [1.29, 1.82) is 0 Å². The van der Waals surface area contributed by atoms with Crippen molar-refractivity contribution in [2.24, 2.45) is 23.7 Å². The van der Waals surface area contributed by atoms with Crippen LogP contribution in [0, 0.1) is 37.5 Å². The molecule has 0 spiro atoms. The lowest BCUT2D eigenvalue weighted by atomic mass is 9.76. The number of amides is 3. The van der Waals surface area contributed by atoms with Crippen molar-refractivity contribution >= 4 is 35.1 Å². The lowest BCUT2D eigenvalue weighted by molar-refractivity contribution is -0.139. The van der Waals surface area contributed by atoms with Gasteiger partial charge < -0.3 is 9.64 Å². The summed E-state index contributed by atoms with van der Waals surface area (Å²) >= 11 is 0. The first-order valence-electron chi connectivity index (χ1n) is 12.3. The molecule has 0 aromatic heterocycles. The van der Waals surface area contributed by atoms with Gasteiger partial charge in [0.2, 0.25) is 17.7 Å². The number of nitrogens with zero attached hydrogens (tertiary/aromatic N) is 2. The van der Waals surface area contributed by atoms with Crippen molar-refractivity contribution in [3.8, 4) is 5.75 Å². The Balaban J connectivity index is 1.29. The molecule has 3 amide bonds. The molecule has 0 N–H and O–H groups in total. The first-order valence-corrected chi connectivity index (χ1v) is 12.3. The standard InChI is InChI=1S/C28H30N2O5/c1-16-7-8-23-24(12-16)27(33)30(26(23)32)20-5-4-6-22(14-20)35-28(34)19-13-25(31)29(15-19)21-10-17(2)9-18(3)11-21/h4-6,9-11,14,16,19,23-24H,7-8,12-13,15H2,1-3H3/t16-,19-,23+,24-/m0/s1. The van der Waals surface area contributed by atoms with Crippen LogP contribution in [-0.2, 0) is 19.2 Å². The number of fused-ring (bicyclic) bond motifs is 1. The van der Waals surface area contributed by atoms with E-state index in [9.17, 15) is 19.2 Å². The van der Waals surface area contributed by atoms with E-state index < -0.39 is 11.9 Å². The molecule has 35 heavy (non-hydrogen) atoms. The van der Waals surface area contributed by atoms with Crippen molar-refractivity contribution in [3.63, 3.8) is 0 Å². The number of carbonyl (C=O) groups is 4. The summed E-state index contributed by atoms with van der Waals surface area (Å²) in [6.07, 6.45) is 2.49. The summed E-state index contributed by atoms with van der Waals surface area (Å²) in [5, 5.41) is 0. The molecule has 0 unspecified atom stereocenters. The molecular weight excluding hydrogens is 444 g/mol. The minimum Gasteiger partial charge on any atom is -0.426 e. The molecule has 2 aromatic carbocycles. The molecule has 2 saturated heterocycles. The number of esters is 1. The maximum absolute atomic E-state index is 13.0. The van der Waals surface area contributed by atoms with Crippen molar-refractivity contribution in [3.05, 3.63) is 53.6 Å². The first kappa shape index (κ1) is 23.3. The van der Waals surface area contributed by atoms with E-state index in [1.54, 1.807) is 29.2 Å². The van der Waals surface area contributed by atoms with Gasteiger partial charge in [-0.3, -0.25) is 19.2 Å². The molecule has 1 saturated carbocycles. The normalized spacial score (nSPS) is 26.3. The minimum atomic E-state index is -0.591. The molecule has 182 valence electrons. The quantitative estimate of drug-likeness (QED) is 0.377. The van der Waals surface area contributed by atoms with E-state index in [4.69, 9.17) is 4.74 Å². The number of benzene rings is 2. The summed E-state index contributed by atoms with van der Waals surface area (Å²) in [6.45, 7) is 6.32. The summed E-state index contributed by atoms with van der Waals surface area (Å²) in [6, 6.07) is 12.5. The fraction of sp³-hybridized carbons (Fsp3) is 0.429. The molecule has 2 heterocycles. The van der Waals surface area contributed by atoms with E-state index in [1.807, 2.05) is 32.0 Å². The third-order valence-electron chi connectivity index (χ3n) is 7.46. The number of ether oxygens (including phenoxy) is 1. The zero-order chi connectivity index (χ0) is 24.9. The third-order valence-corrected chi connectivity index (χ3v) is 7.46. The highest BCUT2D eigenvalue weighted by Gasteiger charge is 2.50. The van der Waals surface area contributed by atoms with E-state index in [0.717, 1.165) is 36.1 Å². The van der Waals surface area contributed by atoms with Crippen LogP contribution in [0.2, 0.25) is 0 Å². The van der Waals surface area contributed by atoms with Crippen LogP contribution in [0.4, 0.5) is 11.4 Å². The first-order chi connectivity index (χ1) is 16.7. The SMILES string of the molecule is Cc1cc(C)cc(N2C[C@@H](C(=O)Oc3cccc(N4C(=O)[C@H]5C[C@@H](C)CC[C@H]5C4=O)c3)CC2=O)c1. The van der Waals surface area contributed by atoms with Gasteiger partial charge >= 0.3 is 5.97 Å². The zero-order valence-electron chi connectivity index (χ0n) is 20.3. The average molecular weight is 475 g/mol. The van der Waals surface area contributed by atoms with Gasteiger partial charge in [-0.25, -0.2) is 4.90 Å². The van der Waals surface area contributed by atoms with Crippen molar-refractivity contribution < 1.29 is 23.9 Å². The number of imide groups is 1. The molecule has 2 aromatic rings. The van der Waals surface area contributed by atoms with Crippen LogP contribution in [0.3, 0.4) is 0 Å². The Morgan fingerprint density at radius 2 is 1.63 bits per heavy atom. The fourth-order valence-corrected chi connectivity index (χ4v) is 5.75. The van der Waals surface area contributed by atoms with Gasteiger partial charge in [0, 0.05) is 24.7 Å². The maximum atomic E-state index is 13.0. The molecule has 7 heteroatoms. The summed E-state index contributed by atoms with van der Waals surface area (Å²) in [5.41, 5.74) is 3.31. The predicted octanol–water partition coefficient (Wildman–Crippen LogP) is 4.19. The summed E-state index contributed by atoms with van der Waals surface area (Å²) in [4.78, 5) is 54.5. The number of aryl methyl sites for hydroxylation is 2. The second-order valence-electron chi connectivity index (χ2n) is 10.3. The third kappa shape index (κ3) is 4.35. The number of rotatable bonds is 4. The molecule has 3 aliphatic rings. The largest absolute Gasteiger partial charge is 0.426 e. The van der Waals surface area contributed by atoms with Gasteiger partial charge in [-0.2, -0.15) is 0 Å². The Morgan fingerprint density at radius 3 is 2.37 bits per heavy atom. The lowest BCUT2D eigenvalue weighted by Crippen LogP contribution is -2.31. The lowest BCUT2D eigenvalue weighted by Gasteiger charge is -2.25. The van der Waals surface area contributed by atoms with Gasteiger partial charge in [0.05, 0.1) is 23.4 Å². The van der Waals surface area contributed by atoms with Crippen LogP contribution >= 0.6 is 0 Å². The zero-order valence-corrected chi connectivity index (χ0v) is 20.3. The van der Waals surface area contributed by atoms with Gasteiger partial charge in [0.25, 0.3) is 0 Å². The van der Waals surface area contributed by atoms with Crippen molar-refractivity contribution in [1.82, 2.24) is 0 Å². The Kier molecular flexibility index (Phi) is 5.95. The van der Waals surface area contributed by atoms with Gasteiger partial charge in [-0.15, -0.1) is 0 Å². The van der Waals surface area contributed by atoms with E-state index in [1.165, 1.54) is 4.90 Å². The van der Waals surface area contributed by atoms with Crippen LogP contribution in [0.5, 0.6) is 5.75 Å². The molecule has 0 radical (unpaired) electrons. The molecule has 0 bridgehead atoms. The van der Waals surface area contributed by atoms with Gasteiger partial charge in [-0.05, 0) is 74.4 Å². The Morgan fingerprint density at radius 1 is 0.914 bits per heavy atom. The van der Waals surface area contributed by atoms with E-state index in [0.29, 0.717) is 11.6 Å². The summed E-state index contributed by atoms with van der Waals surface area (Å²) in [5.74, 6) is -1.37. The molecule has 3 fully saturated rings. The Hall–Kier alpha value is -3.48. The van der Waals surface area contributed by atoms with Crippen LogP contribution in [0.1, 0.15) is 43.7 Å². The Labute approximate surface area is 205 Å². The summed E-state index contributed by atoms with van der Waals surface area (Å²) in [7, 11) is 0.